The molecule has 2 aliphatic rings. The molecule has 1 aromatic heterocycles. The summed E-state index contributed by atoms with van der Waals surface area (Å²) in [6.07, 6.45) is 9.38. The molecule has 10 heteroatoms. The molecule has 0 unspecified atom stereocenters. The molecular formula is C28H40N4O5S. The first kappa shape index (κ1) is 29.7. The summed E-state index contributed by atoms with van der Waals surface area (Å²) in [5.41, 5.74) is 7.40. The van der Waals surface area contributed by atoms with Gasteiger partial charge in [0, 0.05) is 36.9 Å². The van der Waals surface area contributed by atoms with Crippen LogP contribution in [0.1, 0.15) is 62.5 Å². The summed E-state index contributed by atoms with van der Waals surface area (Å²) in [7, 11) is 0. The smallest absolute Gasteiger partial charge is 0.329 e. The van der Waals surface area contributed by atoms with Crippen LogP contribution in [-0.4, -0.2) is 70.2 Å². The number of nitrogens with two attached hydrogens (primary N) is 1. The second kappa shape index (κ2) is 13.8. The van der Waals surface area contributed by atoms with E-state index in [-0.39, 0.29) is 29.7 Å². The van der Waals surface area contributed by atoms with Crippen LogP contribution in [0.4, 0.5) is 0 Å². The molecule has 0 aliphatic carbocycles. The van der Waals surface area contributed by atoms with E-state index in [0.29, 0.717) is 49.5 Å². The molecule has 0 spiro atoms. The molecule has 2 bridgehead atoms. The van der Waals surface area contributed by atoms with E-state index in [1.807, 2.05) is 39.8 Å². The van der Waals surface area contributed by atoms with Crippen molar-refractivity contribution in [3.05, 3.63) is 52.0 Å². The van der Waals surface area contributed by atoms with Gasteiger partial charge in [0.25, 0.3) is 5.91 Å². The van der Waals surface area contributed by atoms with Gasteiger partial charge in [0.15, 0.2) is 0 Å². The molecule has 208 valence electrons. The number of amides is 2. The van der Waals surface area contributed by atoms with Crippen molar-refractivity contribution in [3.8, 4) is 0 Å². The number of ether oxygens (including phenoxy) is 1. The lowest BCUT2D eigenvalue weighted by atomic mass is 9.94. The lowest BCUT2D eigenvalue weighted by molar-refractivity contribution is -0.158. The van der Waals surface area contributed by atoms with Crippen molar-refractivity contribution in [1.82, 2.24) is 15.2 Å². The molecule has 0 saturated carbocycles. The molecule has 3 heterocycles. The number of hydrogen-bond acceptors (Lipinski definition) is 8. The van der Waals surface area contributed by atoms with E-state index in [0.717, 1.165) is 5.57 Å². The number of nitrogens with zero attached hydrogens (tertiary/aromatic N) is 2. The van der Waals surface area contributed by atoms with Gasteiger partial charge in [0.1, 0.15) is 17.8 Å². The molecular weight excluding hydrogens is 504 g/mol. The van der Waals surface area contributed by atoms with Gasteiger partial charge < -0.3 is 25.8 Å². The van der Waals surface area contributed by atoms with Crippen LogP contribution in [0.2, 0.25) is 0 Å². The van der Waals surface area contributed by atoms with Crippen molar-refractivity contribution in [3.63, 3.8) is 0 Å². The van der Waals surface area contributed by atoms with Gasteiger partial charge in [-0.25, -0.2) is 9.78 Å². The summed E-state index contributed by atoms with van der Waals surface area (Å²) in [6.45, 7) is 8.49. The van der Waals surface area contributed by atoms with Crippen molar-refractivity contribution in [2.45, 2.75) is 77.7 Å². The summed E-state index contributed by atoms with van der Waals surface area (Å²) >= 11 is 1.35. The fourth-order valence-electron chi connectivity index (χ4n) is 4.82. The highest BCUT2D eigenvalue weighted by atomic mass is 32.1. The maximum absolute atomic E-state index is 13.3. The zero-order valence-electron chi connectivity index (χ0n) is 22.6. The highest BCUT2D eigenvalue weighted by Gasteiger charge is 2.38. The Bertz CT molecular complexity index is 1080. The fraction of sp³-hybridized carbons (Fsp3) is 0.571. The topological polar surface area (TPSA) is 135 Å². The second-order valence-electron chi connectivity index (χ2n) is 10.5. The number of carbonyl (C=O) groups excluding carboxylic acids is 3. The molecule has 38 heavy (non-hydrogen) atoms. The Morgan fingerprint density at radius 1 is 1.26 bits per heavy atom. The predicted molar refractivity (Wildman–Crippen MR) is 147 cm³/mol. The van der Waals surface area contributed by atoms with Crippen molar-refractivity contribution in [1.29, 1.82) is 0 Å². The highest BCUT2D eigenvalue weighted by Crippen LogP contribution is 2.26. The number of allylic oxidation sites excluding steroid dienone is 2. The van der Waals surface area contributed by atoms with Crippen molar-refractivity contribution < 1.29 is 24.2 Å². The Morgan fingerprint density at radius 3 is 2.76 bits per heavy atom. The third-order valence-electron chi connectivity index (χ3n) is 6.75. The first-order chi connectivity index (χ1) is 18.0. The number of cyclic esters (lactones) is 1. The summed E-state index contributed by atoms with van der Waals surface area (Å²) in [5, 5.41) is 15.6. The normalized spacial score (nSPS) is 29.4. The third-order valence-corrected chi connectivity index (χ3v) is 7.62. The number of carbonyl (C=O) groups is 3. The van der Waals surface area contributed by atoms with Crippen molar-refractivity contribution in [2.75, 3.05) is 13.1 Å². The Kier molecular flexibility index (Phi) is 10.8. The summed E-state index contributed by atoms with van der Waals surface area (Å²) in [4.78, 5) is 44.8. The summed E-state index contributed by atoms with van der Waals surface area (Å²) in [6, 6.07) is -1.02. The first-order valence-corrected chi connectivity index (χ1v) is 14.1. The number of thiazole rings is 1. The second-order valence-corrected chi connectivity index (χ2v) is 11.4. The van der Waals surface area contributed by atoms with Crippen LogP contribution in [0.25, 0.3) is 0 Å². The number of aliphatic hydroxyl groups is 1. The minimum atomic E-state index is -0.735. The molecule has 9 nitrogen and oxygen atoms in total. The van der Waals surface area contributed by atoms with Gasteiger partial charge >= 0.3 is 5.97 Å². The number of esters is 1. The van der Waals surface area contributed by atoms with E-state index >= 15 is 0 Å². The number of aliphatic hydroxyl groups excluding tert-OH is 1. The average Bonchev–Trinajstić information content (AvgIpc) is 3.52. The van der Waals surface area contributed by atoms with Gasteiger partial charge in [0.2, 0.25) is 5.91 Å². The van der Waals surface area contributed by atoms with E-state index in [1.165, 1.54) is 17.4 Å². The number of aromatic nitrogens is 1. The van der Waals surface area contributed by atoms with Gasteiger partial charge in [-0.15, -0.1) is 11.3 Å². The van der Waals surface area contributed by atoms with Crippen LogP contribution in [-0.2, 0) is 20.7 Å². The lowest BCUT2D eigenvalue weighted by Gasteiger charge is -2.29. The molecule has 3 rings (SSSR count). The maximum atomic E-state index is 13.3. The van der Waals surface area contributed by atoms with E-state index in [2.05, 4.69) is 10.3 Å². The highest BCUT2D eigenvalue weighted by molar-refractivity contribution is 7.09. The largest absolute Gasteiger partial charge is 0.460 e. The average molecular weight is 545 g/mol. The van der Waals surface area contributed by atoms with E-state index < -0.39 is 24.2 Å². The Labute approximate surface area is 228 Å². The van der Waals surface area contributed by atoms with Gasteiger partial charge in [0.05, 0.1) is 11.1 Å². The van der Waals surface area contributed by atoms with Crippen LogP contribution in [0.15, 0.2) is 41.3 Å². The molecule has 0 aromatic carbocycles. The molecule has 1 fully saturated rings. The minimum absolute atomic E-state index is 0.0139. The maximum Gasteiger partial charge on any atom is 0.329 e. The third kappa shape index (κ3) is 8.34. The molecule has 5 atom stereocenters. The zero-order chi connectivity index (χ0) is 27.8. The van der Waals surface area contributed by atoms with Crippen LogP contribution in [0.5, 0.6) is 0 Å². The first-order valence-electron chi connectivity index (χ1n) is 13.3. The number of nitrogens with one attached hydrogen (secondary N) is 1. The molecule has 0 radical (unpaired) electrons. The fourth-order valence-corrected chi connectivity index (χ4v) is 5.69. The van der Waals surface area contributed by atoms with Gasteiger partial charge in [-0.2, -0.15) is 0 Å². The monoisotopic (exact) mass is 544 g/mol. The van der Waals surface area contributed by atoms with Crippen LogP contribution in [0.3, 0.4) is 0 Å². The minimum Gasteiger partial charge on any atom is -0.460 e. The van der Waals surface area contributed by atoms with Crippen molar-refractivity contribution >= 4 is 29.1 Å². The number of fused-ring (bicyclic) bond motifs is 3. The molecule has 2 amide bonds. The summed E-state index contributed by atoms with van der Waals surface area (Å²) < 4.78 is 5.93. The van der Waals surface area contributed by atoms with Gasteiger partial charge in [-0.3, -0.25) is 9.59 Å². The molecule has 1 aromatic rings. The quantitative estimate of drug-likeness (QED) is 0.463. The van der Waals surface area contributed by atoms with Crippen molar-refractivity contribution in [2.24, 2.45) is 17.6 Å². The van der Waals surface area contributed by atoms with Crippen LogP contribution >= 0.6 is 11.3 Å². The van der Waals surface area contributed by atoms with Crippen LogP contribution < -0.4 is 11.1 Å². The standard InChI is InChI=1S/C28H40N4O5S/c1-17(2)26-19(4)9-10-24(34)30-11-5-7-18(3)13-21(33)14-20(29)15-25-31-22(16-38-25)27(35)32-12-6-8-23(32)28(36)37-26/h5,7,9-10,13,16-17,19-21,23,26,33H,6,8,11-12,14-15,29H2,1-4H3,(H,30,34)/b7-5?,10-9+,18-13?/t19-,20+,21-,23-,26-/m1/s1. The Hall–Kier alpha value is -2.82. The molecule has 1 saturated heterocycles. The molecule has 2 aliphatic heterocycles. The number of rotatable bonds is 1. The Morgan fingerprint density at radius 2 is 2.03 bits per heavy atom. The van der Waals surface area contributed by atoms with E-state index in [4.69, 9.17) is 10.5 Å². The van der Waals surface area contributed by atoms with Gasteiger partial charge in [-0.05, 0) is 38.2 Å². The van der Waals surface area contributed by atoms with E-state index in [1.54, 1.807) is 22.4 Å². The Balaban J connectivity index is 1.85. The van der Waals surface area contributed by atoms with Crippen LogP contribution in [0, 0.1) is 11.8 Å². The summed E-state index contributed by atoms with van der Waals surface area (Å²) in [5.74, 6) is -1.17. The number of hydrogen-bond donors (Lipinski definition) is 3. The zero-order valence-corrected chi connectivity index (χ0v) is 23.4. The SMILES string of the molecule is CC1=C[C@@H](O)C[C@H](N)Cc2nc(cs2)C(=O)N2CCC[C@@H]2C(=O)O[C@H](C(C)C)[C@H](C)/C=C/C(=O)NCC=C1. The lowest BCUT2D eigenvalue weighted by Crippen LogP contribution is -2.44. The van der Waals surface area contributed by atoms with E-state index in [9.17, 15) is 19.5 Å². The van der Waals surface area contributed by atoms with Gasteiger partial charge in [-0.1, -0.05) is 50.6 Å². The predicted octanol–water partition coefficient (Wildman–Crippen LogP) is 2.76. The molecule has 4 N–H and O–H groups in total.